The van der Waals surface area contributed by atoms with E-state index in [2.05, 4.69) is 76.9 Å². The van der Waals surface area contributed by atoms with E-state index in [1.807, 2.05) is 0 Å². The maximum Gasteiger partial charge on any atom is 0.163 e. The summed E-state index contributed by atoms with van der Waals surface area (Å²) in [6, 6.07) is 13.2. The molecule has 21 heavy (non-hydrogen) atoms. The highest BCUT2D eigenvalue weighted by molar-refractivity contribution is 6.30. The Kier molecular flexibility index (Phi) is 3.24. The molecule has 1 heterocycles. The maximum absolute atomic E-state index is 4.68. The highest BCUT2D eigenvalue weighted by Crippen LogP contribution is 2.46. The summed E-state index contributed by atoms with van der Waals surface area (Å²) in [5.41, 5.74) is 6.94. The summed E-state index contributed by atoms with van der Waals surface area (Å²) in [5, 5.41) is 0. The van der Waals surface area contributed by atoms with Crippen molar-refractivity contribution >= 4 is 13.4 Å². The van der Waals surface area contributed by atoms with E-state index < -0.39 is 0 Å². The van der Waals surface area contributed by atoms with Crippen LogP contribution in [0.5, 0.6) is 0 Å². The van der Waals surface area contributed by atoms with Gasteiger partial charge in [0.15, 0.2) is 7.85 Å². The highest BCUT2D eigenvalue weighted by Gasteiger charge is 2.36. The zero-order valence-electron chi connectivity index (χ0n) is 13.8. The monoisotopic (exact) mass is 277 g/mol. The van der Waals surface area contributed by atoms with Gasteiger partial charge in [-0.3, -0.25) is 4.98 Å². The van der Waals surface area contributed by atoms with Crippen LogP contribution in [0, 0.1) is 0 Å². The fourth-order valence-electron chi connectivity index (χ4n) is 3.45. The van der Waals surface area contributed by atoms with E-state index in [1.165, 1.54) is 29.5 Å². The van der Waals surface area contributed by atoms with Gasteiger partial charge >= 0.3 is 0 Å². The molecule has 1 aromatic heterocycles. The molecule has 2 heteroatoms. The lowest BCUT2D eigenvalue weighted by atomic mass is 9.63. The second kappa shape index (κ2) is 4.73. The van der Waals surface area contributed by atoms with Crippen molar-refractivity contribution in [2.75, 3.05) is 0 Å². The molecule has 2 aromatic rings. The number of aromatic nitrogens is 1. The minimum absolute atomic E-state index is 0.255. The van der Waals surface area contributed by atoms with Crippen LogP contribution in [0.25, 0.3) is 11.3 Å². The third-order valence-electron chi connectivity index (χ3n) is 5.04. The molecule has 1 aliphatic carbocycles. The molecule has 1 aromatic carbocycles. The van der Waals surface area contributed by atoms with Gasteiger partial charge in [-0.05, 0) is 52.5 Å². The van der Waals surface area contributed by atoms with E-state index in [1.54, 1.807) is 0 Å². The van der Waals surface area contributed by atoms with Gasteiger partial charge in [-0.2, -0.15) is 0 Å². The Bertz CT molecular complexity index is 686. The lowest BCUT2D eigenvalue weighted by Crippen LogP contribution is -2.33. The van der Waals surface area contributed by atoms with Gasteiger partial charge in [-0.15, -0.1) is 0 Å². The molecule has 0 radical (unpaired) electrons. The molecule has 0 fully saturated rings. The third kappa shape index (κ3) is 2.52. The smallest absolute Gasteiger partial charge is 0.163 e. The van der Waals surface area contributed by atoms with E-state index >= 15 is 0 Å². The van der Waals surface area contributed by atoms with Gasteiger partial charge in [0, 0.05) is 5.56 Å². The number of hydrogen-bond donors (Lipinski definition) is 0. The highest BCUT2D eigenvalue weighted by atomic mass is 14.7. The number of nitrogens with zero attached hydrogens (tertiary/aromatic N) is 1. The Labute approximate surface area is 129 Å². The molecular formula is C19H24BN. The van der Waals surface area contributed by atoms with E-state index in [0.29, 0.717) is 0 Å². The van der Waals surface area contributed by atoms with Gasteiger partial charge < -0.3 is 0 Å². The quantitative estimate of drug-likeness (QED) is 0.728. The molecule has 0 unspecified atom stereocenters. The predicted octanol–water partition coefficient (Wildman–Crippen LogP) is 3.36. The first kappa shape index (κ1) is 14.4. The van der Waals surface area contributed by atoms with Crippen LogP contribution < -0.4 is 5.59 Å². The molecule has 0 saturated heterocycles. The van der Waals surface area contributed by atoms with Crippen molar-refractivity contribution in [2.45, 2.75) is 51.4 Å². The van der Waals surface area contributed by atoms with Crippen LogP contribution in [0.4, 0.5) is 0 Å². The Morgan fingerprint density at radius 3 is 2.24 bits per heavy atom. The SMILES string of the molecule is Bc1cccc(-c2ccc3c(c2)C(C)(C)CCC3(C)C)n1. The molecule has 0 atom stereocenters. The fourth-order valence-corrected chi connectivity index (χ4v) is 3.45. The van der Waals surface area contributed by atoms with Gasteiger partial charge in [-0.25, -0.2) is 0 Å². The summed E-state index contributed by atoms with van der Waals surface area (Å²) >= 11 is 0. The first-order valence-corrected chi connectivity index (χ1v) is 7.89. The molecule has 1 nitrogen and oxygen atoms in total. The average molecular weight is 277 g/mol. The van der Waals surface area contributed by atoms with Crippen LogP contribution >= 0.6 is 0 Å². The minimum atomic E-state index is 0.255. The van der Waals surface area contributed by atoms with Crippen molar-refractivity contribution in [3.63, 3.8) is 0 Å². The van der Waals surface area contributed by atoms with Crippen molar-refractivity contribution in [1.82, 2.24) is 4.98 Å². The van der Waals surface area contributed by atoms with Gasteiger partial charge in [0.25, 0.3) is 0 Å². The van der Waals surface area contributed by atoms with Gasteiger partial charge in [-0.1, -0.05) is 52.0 Å². The fraction of sp³-hybridized carbons (Fsp3) is 0.421. The Hall–Kier alpha value is -1.57. The van der Waals surface area contributed by atoms with Crippen LogP contribution in [-0.2, 0) is 10.8 Å². The summed E-state index contributed by atoms with van der Waals surface area (Å²) in [6.07, 6.45) is 2.51. The molecule has 0 N–H and O–H groups in total. The van der Waals surface area contributed by atoms with Crippen LogP contribution in [0.15, 0.2) is 36.4 Å². The summed E-state index contributed by atoms with van der Waals surface area (Å²) in [7, 11) is 2.05. The van der Waals surface area contributed by atoms with Crippen molar-refractivity contribution in [2.24, 2.45) is 0 Å². The van der Waals surface area contributed by atoms with Crippen molar-refractivity contribution < 1.29 is 0 Å². The van der Waals surface area contributed by atoms with Crippen molar-refractivity contribution in [1.29, 1.82) is 0 Å². The number of hydrogen-bond acceptors (Lipinski definition) is 1. The summed E-state index contributed by atoms with van der Waals surface area (Å²) in [4.78, 5) is 4.68. The van der Waals surface area contributed by atoms with E-state index in [0.717, 1.165) is 11.3 Å². The first-order chi connectivity index (χ1) is 9.79. The molecule has 0 amide bonds. The summed E-state index contributed by atoms with van der Waals surface area (Å²) in [6.45, 7) is 9.47. The summed E-state index contributed by atoms with van der Waals surface area (Å²) < 4.78 is 0. The standard InChI is InChI=1S/C19H24BN/c1-18(2)10-11-19(3,4)15-12-13(8-9-14(15)18)16-6-5-7-17(20)21-16/h5-9,12H,10-11,20H2,1-4H3. The van der Waals surface area contributed by atoms with Crippen LogP contribution in [0.2, 0.25) is 0 Å². The zero-order valence-corrected chi connectivity index (χ0v) is 13.8. The molecule has 0 spiro atoms. The van der Waals surface area contributed by atoms with E-state index in [-0.39, 0.29) is 10.8 Å². The van der Waals surface area contributed by atoms with Gasteiger partial charge in [0.2, 0.25) is 0 Å². The summed E-state index contributed by atoms with van der Waals surface area (Å²) in [5.74, 6) is 0. The average Bonchev–Trinajstić information content (AvgIpc) is 2.44. The predicted molar refractivity (Wildman–Crippen MR) is 93.1 cm³/mol. The van der Waals surface area contributed by atoms with Crippen molar-refractivity contribution in [3.8, 4) is 11.3 Å². The minimum Gasteiger partial charge on any atom is -0.264 e. The molecule has 108 valence electrons. The zero-order chi connectivity index (χ0) is 15.3. The van der Waals surface area contributed by atoms with E-state index in [9.17, 15) is 0 Å². The molecule has 0 saturated carbocycles. The lowest BCUT2D eigenvalue weighted by molar-refractivity contribution is 0.332. The number of fused-ring (bicyclic) bond motifs is 1. The topological polar surface area (TPSA) is 12.9 Å². The van der Waals surface area contributed by atoms with Gasteiger partial charge in [0.05, 0.1) is 5.69 Å². The second-order valence-electron chi connectivity index (χ2n) is 7.69. The van der Waals surface area contributed by atoms with Crippen molar-refractivity contribution in [3.05, 3.63) is 47.5 Å². The largest absolute Gasteiger partial charge is 0.264 e. The molecule has 0 bridgehead atoms. The Balaban J connectivity index is 2.16. The number of pyridine rings is 1. The van der Waals surface area contributed by atoms with E-state index in [4.69, 9.17) is 0 Å². The second-order valence-corrected chi connectivity index (χ2v) is 7.69. The lowest BCUT2D eigenvalue weighted by Gasteiger charge is -2.42. The Morgan fingerprint density at radius 1 is 0.905 bits per heavy atom. The number of rotatable bonds is 1. The normalized spacial score (nSPS) is 19.0. The van der Waals surface area contributed by atoms with Gasteiger partial charge in [0.1, 0.15) is 0 Å². The third-order valence-corrected chi connectivity index (χ3v) is 5.04. The van der Waals surface area contributed by atoms with Crippen LogP contribution in [-0.4, -0.2) is 12.8 Å². The maximum atomic E-state index is 4.68. The number of benzene rings is 1. The molecular weight excluding hydrogens is 253 g/mol. The molecule has 3 rings (SSSR count). The van der Waals surface area contributed by atoms with Crippen LogP contribution in [0.1, 0.15) is 51.7 Å². The first-order valence-electron chi connectivity index (χ1n) is 7.89. The Morgan fingerprint density at radius 2 is 1.57 bits per heavy atom. The van der Waals surface area contributed by atoms with Crippen LogP contribution in [0.3, 0.4) is 0 Å². The molecule has 1 aliphatic rings. The molecule has 0 aliphatic heterocycles.